The third kappa shape index (κ3) is 4.12. The average molecular weight is 403 g/mol. The van der Waals surface area contributed by atoms with Crippen LogP contribution >= 0.6 is 0 Å². The summed E-state index contributed by atoms with van der Waals surface area (Å²) in [7, 11) is 0. The van der Waals surface area contributed by atoms with Crippen LogP contribution in [0.15, 0.2) is 72.8 Å². The summed E-state index contributed by atoms with van der Waals surface area (Å²) in [5, 5.41) is 18.9. The summed E-state index contributed by atoms with van der Waals surface area (Å²) < 4.78 is 5.69. The highest BCUT2D eigenvalue weighted by Crippen LogP contribution is 2.31. The van der Waals surface area contributed by atoms with Gasteiger partial charge in [0.2, 0.25) is 0 Å². The summed E-state index contributed by atoms with van der Waals surface area (Å²) in [6, 6.07) is 20.3. The maximum atomic E-state index is 12.9. The summed E-state index contributed by atoms with van der Waals surface area (Å²) in [5.74, 6) is 0.161. The predicted octanol–water partition coefficient (Wildman–Crippen LogP) is 4.51. The number of carbonyl (C=O) groups excluding carboxylic acids is 1. The van der Waals surface area contributed by atoms with E-state index in [1.807, 2.05) is 12.1 Å². The van der Waals surface area contributed by atoms with Crippen LogP contribution in [0.4, 0.5) is 0 Å². The molecule has 0 spiro atoms. The van der Waals surface area contributed by atoms with Crippen LogP contribution in [0.2, 0.25) is 0 Å². The summed E-state index contributed by atoms with van der Waals surface area (Å²) in [4.78, 5) is 26.1. The highest BCUT2D eigenvalue weighted by molar-refractivity contribution is 5.94. The number of carboxylic acid groups (broad SMARTS) is 1. The SMILES string of the molecule is O=C(O)c1ccccc1C1CCN(C(=O)c2ccc(Oc3cccc(O)c3)cc2)C1. The number of carboxylic acids is 1. The molecule has 1 unspecified atom stereocenters. The second kappa shape index (κ2) is 8.29. The molecule has 3 aromatic carbocycles. The van der Waals surface area contributed by atoms with Crippen LogP contribution < -0.4 is 4.74 Å². The Morgan fingerprint density at radius 2 is 1.70 bits per heavy atom. The quantitative estimate of drug-likeness (QED) is 0.654. The highest BCUT2D eigenvalue weighted by atomic mass is 16.5. The number of rotatable bonds is 5. The Morgan fingerprint density at radius 1 is 0.933 bits per heavy atom. The first-order valence-electron chi connectivity index (χ1n) is 9.70. The van der Waals surface area contributed by atoms with Crippen molar-refractivity contribution in [2.24, 2.45) is 0 Å². The van der Waals surface area contributed by atoms with Crippen molar-refractivity contribution in [2.75, 3.05) is 13.1 Å². The van der Waals surface area contributed by atoms with Gasteiger partial charge in [-0.2, -0.15) is 0 Å². The monoisotopic (exact) mass is 403 g/mol. The number of hydrogen-bond donors (Lipinski definition) is 2. The molecule has 6 nitrogen and oxygen atoms in total. The summed E-state index contributed by atoms with van der Waals surface area (Å²) in [5.41, 5.74) is 1.62. The maximum Gasteiger partial charge on any atom is 0.335 e. The number of benzene rings is 3. The number of nitrogens with zero attached hydrogens (tertiary/aromatic N) is 1. The van der Waals surface area contributed by atoms with Gasteiger partial charge in [-0.15, -0.1) is 0 Å². The average Bonchev–Trinajstić information content (AvgIpc) is 3.24. The van der Waals surface area contributed by atoms with Crippen molar-refractivity contribution in [1.29, 1.82) is 0 Å². The molecule has 1 aliphatic heterocycles. The van der Waals surface area contributed by atoms with Gasteiger partial charge in [0, 0.05) is 30.6 Å². The first-order valence-corrected chi connectivity index (χ1v) is 9.70. The fraction of sp³-hybridized carbons (Fsp3) is 0.167. The van der Waals surface area contributed by atoms with Crippen molar-refractivity contribution in [2.45, 2.75) is 12.3 Å². The zero-order valence-electron chi connectivity index (χ0n) is 16.2. The van der Waals surface area contributed by atoms with Crippen LogP contribution in [0.25, 0.3) is 0 Å². The van der Waals surface area contributed by atoms with Gasteiger partial charge in [-0.05, 0) is 54.4 Å². The van der Waals surface area contributed by atoms with E-state index in [2.05, 4.69) is 0 Å². The minimum atomic E-state index is -0.947. The second-order valence-corrected chi connectivity index (χ2v) is 7.25. The van der Waals surface area contributed by atoms with Crippen LogP contribution in [0.3, 0.4) is 0 Å². The van der Waals surface area contributed by atoms with Crippen LogP contribution in [-0.4, -0.2) is 40.1 Å². The zero-order valence-corrected chi connectivity index (χ0v) is 16.2. The Hall–Kier alpha value is -3.80. The molecule has 152 valence electrons. The molecule has 1 atom stereocenters. The Labute approximate surface area is 174 Å². The molecule has 2 N–H and O–H groups in total. The standard InChI is InChI=1S/C24H21NO5/c26-18-4-3-5-20(14-18)30-19-10-8-16(9-11-19)23(27)25-13-12-17(15-25)21-6-1-2-7-22(21)24(28)29/h1-11,14,17,26H,12-13,15H2,(H,28,29). The van der Waals surface area contributed by atoms with E-state index in [0.717, 1.165) is 12.0 Å². The minimum Gasteiger partial charge on any atom is -0.508 e. The first kappa shape index (κ1) is 19.5. The van der Waals surface area contributed by atoms with Gasteiger partial charge in [0.1, 0.15) is 17.2 Å². The number of ether oxygens (including phenoxy) is 1. The van der Waals surface area contributed by atoms with Crippen LogP contribution in [0, 0.1) is 0 Å². The number of aromatic hydroxyl groups is 1. The van der Waals surface area contributed by atoms with Gasteiger partial charge in [-0.25, -0.2) is 4.79 Å². The molecule has 0 aliphatic carbocycles. The molecule has 0 aromatic heterocycles. The van der Waals surface area contributed by atoms with Gasteiger partial charge in [0.05, 0.1) is 5.56 Å². The van der Waals surface area contributed by atoms with Crippen molar-refractivity contribution in [3.63, 3.8) is 0 Å². The lowest BCUT2D eigenvalue weighted by Crippen LogP contribution is -2.28. The third-order valence-electron chi connectivity index (χ3n) is 5.26. The Morgan fingerprint density at radius 3 is 2.43 bits per heavy atom. The van der Waals surface area contributed by atoms with E-state index in [1.54, 1.807) is 59.5 Å². The lowest BCUT2D eigenvalue weighted by Gasteiger charge is -2.18. The van der Waals surface area contributed by atoms with E-state index in [-0.39, 0.29) is 17.6 Å². The number of hydrogen-bond acceptors (Lipinski definition) is 4. The molecule has 1 amide bonds. The molecule has 1 saturated heterocycles. The van der Waals surface area contributed by atoms with Crippen molar-refractivity contribution in [1.82, 2.24) is 4.90 Å². The Kier molecular flexibility index (Phi) is 5.39. The molecule has 0 saturated carbocycles. The fourth-order valence-corrected chi connectivity index (χ4v) is 3.78. The summed E-state index contributed by atoms with van der Waals surface area (Å²) in [6.07, 6.45) is 0.731. The van der Waals surface area contributed by atoms with Crippen LogP contribution in [-0.2, 0) is 0 Å². The van der Waals surface area contributed by atoms with Gasteiger partial charge in [-0.3, -0.25) is 4.79 Å². The second-order valence-electron chi connectivity index (χ2n) is 7.25. The Bertz CT molecular complexity index is 1080. The topological polar surface area (TPSA) is 87.1 Å². The minimum absolute atomic E-state index is 0.00890. The molecule has 1 aliphatic rings. The van der Waals surface area contributed by atoms with Gasteiger partial charge in [-0.1, -0.05) is 24.3 Å². The number of aromatic carboxylic acids is 1. The summed E-state index contributed by atoms with van der Waals surface area (Å²) in [6.45, 7) is 1.07. The van der Waals surface area contributed by atoms with E-state index in [9.17, 15) is 19.8 Å². The summed E-state index contributed by atoms with van der Waals surface area (Å²) >= 11 is 0. The van der Waals surface area contributed by atoms with E-state index >= 15 is 0 Å². The lowest BCUT2D eigenvalue weighted by atomic mass is 9.93. The van der Waals surface area contributed by atoms with Crippen molar-refractivity contribution >= 4 is 11.9 Å². The van der Waals surface area contributed by atoms with E-state index in [0.29, 0.717) is 35.7 Å². The number of likely N-dealkylation sites (tertiary alicyclic amines) is 1. The molecule has 3 aromatic rings. The lowest BCUT2D eigenvalue weighted by molar-refractivity contribution is 0.0695. The fourth-order valence-electron chi connectivity index (χ4n) is 3.78. The third-order valence-corrected chi connectivity index (χ3v) is 5.26. The van der Waals surface area contributed by atoms with Crippen molar-refractivity contribution in [3.8, 4) is 17.2 Å². The van der Waals surface area contributed by atoms with Gasteiger partial charge < -0.3 is 19.8 Å². The smallest absolute Gasteiger partial charge is 0.335 e. The molecule has 1 heterocycles. The molecule has 1 fully saturated rings. The predicted molar refractivity (Wildman–Crippen MR) is 111 cm³/mol. The molecule has 30 heavy (non-hydrogen) atoms. The zero-order chi connectivity index (χ0) is 21.1. The van der Waals surface area contributed by atoms with E-state index < -0.39 is 5.97 Å². The number of phenolic OH excluding ortho intramolecular Hbond substituents is 1. The molecule has 0 bridgehead atoms. The first-order chi connectivity index (χ1) is 14.5. The van der Waals surface area contributed by atoms with E-state index in [1.165, 1.54) is 6.07 Å². The van der Waals surface area contributed by atoms with Gasteiger partial charge in [0.25, 0.3) is 5.91 Å². The van der Waals surface area contributed by atoms with Crippen LogP contribution in [0.5, 0.6) is 17.2 Å². The molecular weight excluding hydrogens is 382 g/mol. The molecular formula is C24H21NO5. The number of carbonyl (C=O) groups is 2. The number of amides is 1. The Balaban J connectivity index is 1.43. The van der Waals surface area contributed by atoms with Gasteiger partial charge in [0.15, 0.2) is 0 Å². The van der Waals surface area contributed by atoms with Gasteiger partial charge >= 0.3 is 5.97 Å². The molecule has 4 rings (SSSR count). The van der Waals surface area contributed by atoms with E-state index in [4.69, 9.17) is 4.74 Å². The normalized spacial score (nSPS) is 15.7. The van der Waals surface area contributed by atoms with Crippen molar-refractivity contribution < 1.29 is 24.5 Å². The largest absolute Gasteiger partial charge is 0.508 e. The number of phenols is 1. The maximum absolute atomic E-state index is 12.9. The molecule has 6 heteroatoms. The van der Waals surface area contributed by atoms with Crippen molar-refractivity contribution in [3.05, 3.63) is 89.5 Å². The molecule has 0 radical (unpaired) electrons. The highest BCUT2D eigenvalue weighted by Gasteiger charge is 2.30. The van der Waals surface area contributed by atoms with Crippen LogP contribution in [0.1, 0.15) is 38.6 Å².